The number of carbonyl (C=O) groups is 1. The van der Waals surface area contributed by atoms with Gasteiger partial charge in [0.2, 0.25) is 10.0 Å². The lowest BCUT2D eigenvalue weighted by atomic mass is 10.2. The van der Waals surface area contributed by atoms with Gasteiger partial charge in [0.1, 0.15) is 18.1 Å². The number of carbonyl (C=O) groups excluding carboxylic acids is 1. The van der Waals surface area contributed by atoms with Gasteiger partial charge in [-0.05, 0) is 42.5 Å². The molecule has 0 heterocycles. The maximum absolute atomic E-state index is 12.2. The summed E-state index contributed by atoms with van der Waals surface area (Å²) in [6, 6.07) is 12.8. The van der Waals surface area contributed by atoms with E-state index < -0.39 is 15.9 Å². The first-order valence-corrected chi connectivity index (χ1v) is 9.53. The SMILES string of the molecule is C#CCNS(=O)(=O)c1cccc(C(=O)NCCOc2ccc(OC)cc2)c1. The average Bonchev–Trinajstić information content (AvgIpc) is 2.70. The number of hydrogen-bond acceptors (Lipinski definition) is 5. The van der Waals surface area contributed by atoms with Crippen molar-refractivity contribution in [3.63, 3.8) is 0 Å². The molecule has 0 unspecified atom stereocenters. The Morgan fingerprint density at radius 2 is 1.85 bits per heavy atom. The fourth-order valence-electron chi connectivity index (χ4n) is 2.13. The van der Waals surface area contributed by atoms with Crippen molar-refractivity contribution < 1.29 is 22.7 Å². The molecule has 0 saturated heterocycles. The molecule has 0 saturated carbocycles. The van der Waals surface area contributed by atoms with Crippen molar-refractivity contribution in [3.8, 4) is 23.8 Å². The van der Waals surface area contributed by atoms with Crippen LogP contribution < -0.4 is 19.5 Å². The van der Waals surface area contributed by atoms with Crippen molar-refractivity contribution in [3.05, 3.63) is 54.1 Å². The van der Waals surface area contributed by atoms with Crippen LogP contribution in [0.1, 0.15) is 10.4 Å². The van der Waals surface area contributed by atoms with Crippen molar-refractivity contribution in [2.45, 2.75) is 4.90 Å². The molecule has 0 bridgehead atoms. The molecule has 2 aromatic rings. The van der Waals surface area contributed by atoms with Crippen LogP contribution in [0.15, 0.2) is 53.4 Å². The third-order valence-electron chi connectivity index (χ3n) is 3.49. The van der Waals surface area contributed by atoms with Crippen LogP contribution in [0.4, 0.5) is 0 Å². The Balaban J connectivity index is 1.88. The lowest BCUT2D eigenvalue weighted by Crippen LogP contribution is -2.29. The normalized spacial score (nSPS) is 10.7. The van der Waals surface area contributed by atoms with Crippen molar-refractivity contribution >= 4 is 15.9 Å². The highest BCUT2D eigenvalue weighted by Gasteiger charge is 2.15. The second-order valence-corrected chi connectivity index (χ2v) is 7.10. The van der Waals surface area contributed by atoms with E-state index in [1.54, 1.807) is 31.4 Å². The molecule has 8 heteroatoms. The molecule has 142 valence electrons. The number of amides is 1. The molecule has 0 aliphatic carbocycles. The van der Waals surface area contributed by atoms with E-state index in [0.29, 0.717) is 5.75 Å². The van der Waals surface area contributed by atoms with Gasteiger partial charge in [-0.2, -0.15) is 4.72 Å². The Bertz CT molecular complexity index is 918. The average molecular weight is 388 g/mol. The first-order valence-electron chi connectivity index (χ1n) is 8.04. The van der Waals surface area contributed by atoms with Gasteiger partial charge < -0.3 is 14.8 Å². The van der Waals surface area contributed by atoms with Gasteiger partial charge in [0.05, 0.1) is 25.1 Å². The molecule has 0 atom stereocenters. The first-order chi connectivity index (χ1) is 13.0. The summed E-state index contributed by atoms with van der Waals surface area (Å²) in [5.41, 5.74) is 0.225. The van der Waals surface area contributed by atoms with E-state index in [4.69, 9.17) is 15.9 Å². The van der Waals surface area contributed by atoms with Crippen molar-refractivity contribution in [1.82, 2.24) is 10.0 Å². The highest BCUT2D eigenvalue weighted by Crippen LogP contribution is 2.16. The second kappa shape index (κ2) is 9.62. The number of methoxy groups -OCH3 is 1. The van der Waals surface area contributed by atoms with Gasteiger partial charge in [0.15, 0.2) is 0 Å². The zero-order valence-corrected chi connectivity index (χ0v) is 15.6. The molecule has 1 amide bonds. The van der Waals surface area contributed by atoms with E-state index in [1.165, 1.54) is 24.3 Å². The van der Waals surface area contributed by atoms with Crippen molar-refractivity contribution in [1.29, 1.82) is 0 Å². The topological polar surface area (TPSA) is 93.7 Å². The van der Waals surface area contributed by atoms with E-state index in [2.05, 4.69) is 16.0 Å². The van der Waals surface area contributed by atoms with Gasteiger partial charge in [-0.25, -0.2) is 8.42 Å². The molecule has 7 nitrogen and oxygen atoms in total. The largest absolute Gasteiger partial charge is 0.497 e. The van der Waals surface area contributed by atoms with Gasteiger partial charge in [0, 0.05) is 5.56 Å². The minimum atomic E-state index is -3.75. The van der Waals surface area contributed by atoms with Crippen molar-refractivity contribution in [2.75, 3.05) is 26.8 Å². The van der Waals surface area contributed by atoms with Crippen LogP contribution in [0.2, 0.25) is 0 Å². The summed E-state index contributed by atoms with van der Waals surface area (Å²) in [5, 5.41) is 2.68. The Morgan fingerprint density at radius 1 is 1.15 bits per heavy atom. The summed E-state index contributed by atoms with van der Waals surface area (Å²) in [6.07, 6.45) is 5.06. The van der Waals surface area contributed by atoms with Crippen LogP contribution >= 0.6 is 0 Å². The van der Waals surface area contributed by atoms with E-state index in [0.717, 1.165) is 5.75 Å². The molecule has 0 fully saturated rings. The first kappa shape index (κ1) is 20.3. The summed E-state index contributed by atoms with van der Waals surface area (Å²) in [4.78, 5) is 12.2. The number of ether oxygens (including phenoxy) is 2. The molecular weight excluding hydrogens is 368 g/mol. The van der Waals surface area contributed by atoms with Gasteiger partial charge in [-0.15, -0.1) is 6.42 Å². The maximum atomic E-state index is 12.2. The molecule has 0 radical (unpaired) electrons. The Kier molecular flexibility index (Phi) is 7.23. The summed E-state index contributed by atoms with van der Waals surface area (Å²) in [7, 11) is -2.17. The van der Waals surface area contributed by atoms with Crippen LogP contribution in [0, 0.1) is 12.3 Å². The van der Waals surface area contributed by atoms with E-state index in [1.807, 2.05) is 0 Å². The third kappa shape index (κ3) is 6.02. The van der Waals surface area contributed by atoms with Crippen molar-refractivity contribution in [2.24, 2.45) is 0 Å². The molecular formula is C19H20N2O5S. The summed E-state index contributed by atoms with van der Waals surface area (Å²) in [5.74, 6) is 3.17. The Morgan fingerprint density at radius 3 is 2.52 bits per heavy atom. The molecule has 27 heavy (non-hydrogen) atoms. The number of hydrogen-bond donors (Lipinski definition) is 2. The lowest BCUT2D eigenvalue weighted by Gasteiger charge is -2.09. The van der Waals surface area contributed by atoms with Gasteiger partial charge in [-0.3, -0.25) is 4.79 Å². The van der Waals surface area contributed by atoms with Gasteiger partial charge in [0.25, 0.3) is 5.91 Å². The summed E-state index contributed by atoms with van der Waals surface area (Å²) >= 11 is 0. The quantitative estimate of drug-likeness (QED) is 0.501. The number of benzene rings is 2. The molecule has 2 rings (SSSR count). The standard InChI is InChI=1S/C19H20N2O5S/c1-3-11-21-27(23,24)18-6-4-5-15(14-18)19(22)20-12-13-26-17-9-7-16(25-2)8-10-17/h1,4-10,14,21H,11-13H2,2H3,(H,20,22). The highest BCUT2D eigenvalue weighted by molar-refractivity contribution is 7.89. The smallest absolute Gasteiger partial charge is 0.251 e. The lowest BCUT2D eigenvalue weighted by molar-refractivity contribution is 0.0947. The van der Waals surface area contributed by atoms with Crippen LogP contribution in [-0.2, 0) is 10.0 Å². The van der Waals surface area contributed by atoms with Crippen LogP contribution in [0.5, 0.6) is 11.5 Å². The van der Waals surface area contributed by atoms with Gasteiger partial charge >= 0.3 is 0 Å². The van der Waals surface area contributed by atoms with Crippen LogP contribution in [0.3, 0.4) is 0 Å². The second-order valence-electron chi connectivity index (χ2n) is 5.34. The Labute approximate surface area is 158 Å². The molecule has 0 aliphatic heterocycles. The number of terminal acetylenes is 1. The summed E-state index contributed by atoms with van der Waals surface area (Å²) in [6.45, 7) is 0.401. The van der Waals surface area contributed by atoms with E-state index in [9.17, 15) is 13.2 Å². The summed E-state index contributed by atoms with van der Waals surface area (Å²) < 4.78 is 36.9. The number of sulfonamides is 1. The zero-order chi connectivity index (χ0) is 19.7. The molecule has 2 N–H and O–H groups in total. The van der Waals surface area contributed by atoms with Gasteiger partial charge in [-0.1, -0.05) is 12.0 Å². The maximum Gasteiger partial charge on any atom is 0.251 e. The number of nitrogens with one attached hydrogen (secondary N) is 2. The third-order valence-corrected chi connectivity index (χ3v) is 4.89. The molecule has 0 aliphatic rings. The highest BCUT2D eigenvalue weighted by atomic mass is 32.2. The van der Waals surface area contributed by atoms with Crippen LogP contribution in [-0.4, -0.2) is 41.1 Å². The van der Waals surface area contributed by atoms with E-state index >= 15 is 0 Å². The fourth-order valence-corrected chi connectivity index (χ4v) is 3.11. The number of rotatable bonds is 9. The molecule has 0 aromatic heterocycles. The molecule has 2 aromatic carbocycles. The fraction of sp³-hybridized carbons (Fsp3) is 0.211. The zero-order valence-electron chi connectivity index (χ0n) is 14.8. The predicted molar refractivity (Wildman–Crippen MR) is 101 cm³/mol. The molecule has 0 spiro atoms. The minimum absolute atomic E-state index is 0.0279. The predicted octanol–water partition coefficient (Wildman–Crippen LogP) is 1.42. The Hall–Kier alpha value is -3.02. The monoisotopic (exact) mass is 388 g/mol. The van der Waals surface area contributed by atoms with Crippen LogP contribution in [0.25, 0.3) is 0 Å². The van der Waals surface area contributed by atoms with E-state index in [-0.39, 0.29) is 30.2 Å². The minimum Gasteiger partial charge on any atom is -0.497 e.